The second-order valence-electron chi connectivity index (χ2n) is 10.7. The summed E-state index contributed by atoms with van der Waals surface area (Å²) in [5.74, 6) is 0.184. The molecular weight excluding hydrogens is 535 g/mol. The van der Waals surface area contributed by atoms with Gasteiger partial charge in [0.25, 0.3) is 11.8 Å². The van der Waals surface area contributed by atoms with Crippen LogP contribution in [0.15, 0.2) is 72.8 Å². The van der Waals surface area contributed by atoms with Crippen molar-refractivity contribution in [3.63, 3.8) is 0 Å². The van der Waals surface area contributed by atoms with Gasteiger partial charge >= 0.3 is 0 Å². The Bertz CT molecular complexity index is 1340. The van der Waals surface area contributed by atoms with E-state index in [0.29, 0.717) is 22.9 Å². The number of hydrogen-bond acceptors (Lipinski definition) is 7. The third-order valence-corrected chi connectivity index (χ3v) is 8.11. The Morgan fingerprint density at radius 1 is 1.07 bits per heavy atom. The number of hydrogen-bond donors (Lipinski definition) is 4. The van der Waals surface area contributed by atoms with Crippen LogP contribution in [0, 0.1) is 0 Å². The van der Waals surface area contributed by atoms with Gasteiger partial charge in [-0.1, -0.05) is 55.3 Å². The molecule has 1 heterocycles. The maximum Gasteiger partial charge on any atom is 0.251 e. The van der Waals surface area contributed by atoms with Crippen molar-refractivity contribution in [2.75, 3.05) is 25.0 Å². The van der Waals surface area contributed by atoms with Crippen LogP contribution in [-0.2, 0) is 6.42 Å². The summed E-state index contributed by atoms with van der Waals surface area (Å²) in [6, 6.07) is 22.7. The van der Waals surface area contributed by atoms with E-state index < -0.39 is 6.10 Å². The summed E-state index contributed by atoms with van der Waals surface area (Å²) in [6.45, 7) is 2.02. The number of amides is 2. The maximum atomic E-state index is 13.2. The molecular formula is C31H39BN4O4S. The topological polar surface area (TPSA) is 94.1 Å². The molecule has 0 spiro atoms. The monoisotopic (exact) mass is 574 g/mol. The molecule has 8 nitrogen and oxygen atoms in total. The van der Waals surface area contributed by atoms with E-state index in [9.17, 15) is 14.7 Å². The number of ether oxygens (including phenoxy) is 1. The van der Waals surface area contributed by atoms with Gasteiger partial charge in [0.1, 0.15) is 5.75 Å². The van der Waals surface area contributed by atoms with Crippen LogP contribution in [-0.4, -0.2) is 68.6 Å². The normalized spacial score (nSPS) is 18.4. The van der Waals surface area contributed by atoms with Crippen LogP contribution in [0.25, 0.3) is 0 Å². The van der Waals surface area contributed by atoms with Crippen molar-refractivity contribution >= 4 is 38.3 Å². The van der Waals surface area contributed by atoms with Crippen LogP contribution in [0.1, 0.15) is 57.7 Å². The Morgan fingerprint density at radius 2 is 1.78 bits per heavy atom. The lowest BCUT2D eigenvalue weighted by atomic mass is 10.0. The fourth-order valence-electron chi connectivity index (χ4n) is 5.42. The molecule has 0 radical (unpaired) electrons. The van der Waals surface area contributed by atoms with E-state index in [4.69, 9.17) is 4.74 Å². The fraction of sp³-hybridized carbons (Fsp3) is 0.355. The number of carbonyl (C=O) groups excluding carboxylic acids is 2. The summed E-state index contributed by atoms with van der Waals surface area (Å²) >= 11 is 4.37. The lowest BCUT2D eigenvalue weighted by Crippen LogP contribution is -2.46. The zero-order chi connectivity index (χ0) is 29.5. The number of anilines is 1. The van der Waals surface area contributed by atoms with Crippen molar-refractivity contribution in [3.05, 3.63) is 95.1 Å². The lowest BCUT2D eigenvalue weighted by Gasteiger charge is -2.30. The van der Waals surface area contributed by atoms with Crippen LogP contribution >= 0.6 is 12.8 Å². The van der Waals surface area contributed by atoms with Gasteiger partial charge < -0.3 is 29.6 Å². The summed E-state index contributed by atoms with van der Waals surface area (Å²) in [7, 11) is 5.42. The zero-order valence-electron chi connectivity index (χ0n) is 24.1. The zero-order valence-corrected chi connectivity index (χ0v) is 25.0. The first-order valence-corrected chi connectivity index (χ1v) is 14.3. The highest BCUT2D eigenvalue weighted by molar-refractivity contribution is 7.81. The number of benzene rings is 3. The second kappa shape index (κ2) is 13.9. The molecule has 4 rings (SSSR count). The molecule has 3 aromatic rings. The minimum absolute atomic E-state index is 0.0679. The van der Waals surface area contributed by atoms with Gasteiger partial charge in [-0.25, -0.2) is 0 Å². The largest absolute Gasteiger partial charge is 0.497 e. The summed E-state index contributed by atoms with van der Waals surface area (Å²) in [4.78, 5) is 28.5. The van der Waals surface area contributed by atoms with Crippen LogP contribution in [0.3, 0.4) is 0 Å². The van der Waals surface area contributed by atoms with E-state index in [2.05, 4.69) is 34.3 Å². The van der Waals surface area contributed by atoms with Gasteiger partial charge in [-0.2, -0.15) is 0 Å². The highest BCUT2D eigenvalue weighted by Gasteiger charge is 2.34. The Balaban J connectivity index is 1.38. The molecule has 1 aliphatic heterocycles. The standard InChI is InChI=1S/C31H39BN4O4S/c1-20(22-9-5-4-6-10-22)34-31(39)24-16-23(17-26(18-24)35(2)41)30(38)33-19-29(37)28-13-12-25(36(28)32)14-21-8-7-11-27(15-21)40-3/h4-11,15-18,20,25,28-29,37,41H,12-14,19,32H2,1-3H3,(H,33,38)(H,34,39)/t20-,25+,28-,29+/m1/s1. The third kappa shape index (κ3) is 7.84. The molecule has 1 saturated heterocycles. The smallest absolute Gasteiger partial charge is 0.251 e. The first-order valence-electron chi connectivity index (χ1n) is 13.9. The van der Waals surface area contributed by atoms with E-state index in [1.54, 1.807) is 36.7 Å². The molecule has 10 heteroatoms. The molecule has 216 valence electrons. The first kappa shape index (κ1) is 30.5. The average Bonchev–Trinajstić information content (AvgIpc) is 3.35. The molecule has 0 saturated carbocycles. The second-order valence-corrected chi connectivity index (χ2v) is 11.3. The van der Waals surface area contributed by atoms with Gasteiger partial charge in [0.2, 0.25) is 0 Å². The van der Waals surface area contributed by atoms with E-state index >= 15 is 0 Å². The summed E-state index contributed by atoms with van der Waals surface area (Å²) in [5, 5.41) is 16.9. The van der Waals surface area contributed by atoms with Crippen LogP contribution in [0.2, 0.25) is 0 Å². The highest BCUT2D eigenvalue weighted by Crippen LogP contribution is 2.28. The molecule has 0 unspecified atom stereocenters. The van der Waals surface area contributed by atoms with Crippen molar-refractivity contribution in [1.82, 2.24) is 15.4 Å². The van der Waals surface area contributed by atoms with Gasteiger partial charge in [0.15, 0.2) is 7.98 Å². The van der Waals surface area contributed by atoms with E-state index in [0.717, 1.165) is 30.6 Å². The van der Waals surface area contributed by atoms with Crippen molar-refractivity contribution in [1.29, 1.82) is 0 Å². The molecule has 3 N–H and O–H groups in total. The van der Waals surface area contributed by atoms with Crippen molar-refractivity contribution in [2.45, 2.75) is 50.4 Å². The molecule has 0 aliphatic carbocycles. The molecule has 2 amide bonds. The van der Waals surface area contributed by atoms with Gasteiger partial charge in [-0.3, -0.25) is 9.59 Å². The number of rotatable bonds is 11. The summed E-state index contributed by atoms with van der Waals surface area (Å²) in [5.41, 5.74) is 3.46. The van der Waals surface area contributed by atoms with Gasteiger partial charge in [0, 0.05) is 42.5 Å². The minimum Gasteiger partial charge on any atom is -0.497 e. The van der Waals surface area contributed by atoms with Gasteiger partial charge in [0.05, 0.1) is 19.3 Å². The van der Waals surface area contributed by atoms with E-state index in [1.807, 2.05) is 63.4 Å². The predicted molar refractivity (Wildman–Crippen MR) is 168 cm³/mol. The molecule has 1 aliphatic rings. The minimum atomic E-state index is -0.732. The Hall–Kier alpha value is -3.47. The number of thiol groups is 1. The molecule has 3 aromatic carbocycles. The van der Waals surface area contributed by atoms with Crippen molar-refractivity contribution in [2.24, 2.45) is 0 Å². The molecule has 41 heavy (non-hydrogen) atoms. The number of aliphatic hydroxyl groups excluding tert-OH is 1. The Morgan fingerprint density at radius 3 is 2.46 bits per heavy atom. The highest BCUT2D eigenvalue weighted by atomic mass is 32.1. The van der Waals surface area contributed by atoms with Crippen molar-refractivity contribution < 1.29 is 19.4 Å². The summed E-state index contributed by atoms with van der Waals surface area (Å²) < 4.78 is 6.90. The van der Waals surface area contributed by atoms with Crippen molar-refractivity contribution in [3.8, 4) is 5.75 Å². The van der Waals surface area contributed by atoms with Gasteiger partial charge in [-0.15, -0.1) is 0 Å². The third-order valence-electron chi connectivity index (χ3n) is 7.88. The SMILES string of the molecule is BN1[C@H](Cc2cccc(OC)c2)CC[C@@H]1[C@@H](O)CNC(=O)c1cc(C(=O)N[C@H](C)c2ccccc2)cc(N(C)S)c1. The molecule has 0 aromatic heterocycles. The van der Waals surface area contributed by atoms with Crippen LogP contribution in [0.5, 0.6) is 5.75 Å². The van der Waals surface area contributed by atoms with Gasteiger partial charge in [-0.05, 0) is 67.6 Å². The number of nitrogens with zero attached hydrogens (tertiary/aromatic N) is 2. The first-order chi connectivity index (χ1) is 19.7. The number of aliphatic hydroxyl groups is 1. The Labute approximate surface area is 249 Å². The lowest BCUT2D eigenvalue weighted by molar-refractivity contribution is 0.0811. The molecule has 4 atom stereocenters. The molecule has 0 bridgehead atoms. The molecule has 1 fully saturated rings. The van der Waals surface area contributed by atoms with E-state index in [1.165, 1.54) is 5.56 Å². The Kier molecular flexibility index (Phi) is 10.4. The predicted octanol–water partition coefficient (Wildman–Crippen LogP) is 3.18. The number of carbonyl (C=O) groups is 2. The van der Waals surface area contributed by atoms with Crippen LogP contribution < -0.4 is 19.7 Å². The average molecular weight is 575 g/mol. The quantitative estimate of drug-likeness (QED) is 0.208. The fourth-order valence-corrected chi connectivity index (χ4v) is 5.54. The maximum absolute atomic E-state index is 13.2. The van der Waals surface area contributed by atoms with Crippen LogP contribution in [0.4, 0.5) is 5.69 Å². The number of methoxy groups -OCH3 is 1. The summed E-state index contributed by atoms with van der Waals surface area (Å²) in [6.07, 6.45) is 1.93. The van der Waals surface area contributed by atoms with E-state index in [-0.39, 0.29) is 30.4 Å². The number of nitrogens with one attached hydrogen (secondary N) is 2.